The highest BCUT2D eigenvalue weighted by Gasteiger charge is 2.48. The lowest BCUT2D eigenvalue weighted by Crippen LogP contribution is -2.40. The van der Waals surface area contributed by atoms with Gasteiger partial charge in [-0.3, -0.25) is 28.5 Å². The highest BCUT2D eigenvalue weighted by atomic mass is 33.1. The van der Waals surface area contributed by atoms with Crippen molar-refractivity contribution in [3.63, 3.8) is 0 Å². The second kappa shape index (κ2) is 21.5. The van der Waals surface area contributed by atoms with Crippen LogP contribution in [0.4, 0.5) is 0 Å². The van der Waals surface area contributed by atoms with Crippen LogP contribution in [-0.4, -0.2) is 102 Å². The number of hydrogen-bond donors (Lipinski definition) is 4. The summed E-state index contributed by atoms with van der Waals surface area (Å²) in [6, 6.07) is 6.16. The van der Waals surface area contributed by atoms with Crippen molar-refractivity contribution in [3.05, 3.63) is 35.4 Å². The van der Waals surface area contributed by atoms with Gasteiger partial charge in [0.15, 0.2) is 11.7 Å². The van der Waals surface area contributed by atoms with Crippen LogP contribution in [0.5, 0.6) is 0 Å². The largest absolute Gasteiger partial charge is 0.487 e. The van der Waals surface area contributed by atoms with Gasteiger partial charge in [-0.25, -0.2) is 9.79 Å². The van der Waals surface area contributed by atoms with E-state index in [1.54, 1.807) is 45.9 Å². The first-order chi connectivity index (χ1) is 23.6. The van der Waals surface area contributed by atoms with Gasteiger partial charge in [-0.1, -0.05) is 66.8 Å². The van der Waals surface area contributed by atoms with Crippen LogP contribution in [0.1, 0.15) is 87.1 Å². The van der Waals surface area contributed by atoms with Crippen LogP contribution < -0.4 is 16.4 Å². The second-order valence-electron chi connectivity index (χ2n) is 11.6. The maximum absolute atomic E-state index is 12.7. The average molecular weight is 760 g/mol. The zero-order valence-electron chi connectivity index (χ0n) is 28.2. The van der Waals surface area contributed by atoms with E-state index in [9.17, 15) is 37.2 Å². The number of amides is 5. The first-order valence-corrected chi connectivity index (χ1v) is 19.8. The number of benzene rings is 1. The molecule has 19 heteroatoms. The monoisotopic (exact) mass is 759 g/mol. The van der Waals surface area contributed by atoms with Gasteiger partial charge in [0.25, 0.3) is 27.8 Å². The molecule has 1 aromatic carbocycles. The summed E-state index contributed by atoms with van der Waals surface area (Å²) in [7, 11) is -0.201. The van der Waals surface area contributed by atoms with E-state index in [2.05, 4.69) is 34.3 Å². The van der Waals surface area contributed by atoms with E-state index in [0.29, 0.717) is 18.7 Å². The number of hydrogen-bond acceptors (Lipinski definition) is 13. The highest BCUT2D eigenvalue weighted by Crippen LogP contribution is 2.34. The van der Waals surface area contributed by atoms with Crippen molar-refractivity contribution in [2.75, 3.05) is 26.0 Å². The third-order valence-corrected chi connectivity index (χ3v) is 11.4. The molecular formula is C31H45N5O11S3. The summed E-state index contributed by atoms with van der Waals surface area (Å²) in [6.07, 6.45) is 6.04. The summed E-state index contributed by atoms with van der Waals surface area (Å²) in [5.74, 6) is -4.20. The molecule has 1 fully saturated rings. The Hall–Kier alpha value is -3.68. The fourth-order valence-electron chi connectivity index (χ4n) is 4.76. The van der Waals surface area contributed by atoms with Gasteiger partial charge >= 0.3 is 5.97 Å². The molecule has 1 saturated heterocycles. The number of ether oxygens (including phenoxy) is 1. The Kier molecular flexibility index (Phi) is 18.3. The van der Waals surface area contributed by atoms with E-state index in [4.69, 9.17) is 15.0 Å². The van der Waals surface area contributed by atoms with Gasteiger partial charge in [-0.15, -0.1) is 5.06 Å². The SMILES string of the molecule is COC=NC(CSSC(C)CC(C)c1ccc(C(=O)NCC(=O)ON2C(=O)CC(S(=O)(=O)O)C2=O)cc1)C(=O)NCCCCCCCC(N)=O. The number of nitrogens with one attached hydrogen (secondary N) is 2. The van der Waals surface area contributed by atoms with Crippen LogP contribution in [0, 0.1) is 0 Å². The number of methoxy groups -OCH3 is 1. The fourth-order valence-corrected chi connectivity index (χ4v) is 8.06. The van der Waals surface area contributed by atoms with Gasteiger partial charge in [0.1, 0.15) is 12.6 Å². The zero-order valence-corrected chi connectivity index (χ0v) is 30.7. The third-order valence-electron chi connectivity index (χ3n) is 7.44. The molecule has 1 aromatic rings. The Morgan fingerprint density at radius 1 is 1.08 bits per heavy atom. The molecule has 50 heavy (non-hydrogen) atoms. The van der Waals surface area contributed by atoms with E-state index >= 15 is 0 Å². The highest BCUT2D eigenvalue weighted by molar-refractivity contribution is 8.76. The molecule has 0 aromatic heterocycles. The molecule has 5 N–H and O–H groups in total. The van der Waals surface area contributed by atoms with Gasteiger partial charge in [0, 0.05) is 29.5 Å². The van der Waals surface area contributed by atoms with Crippen molar-refractivity contribution in [1.82, 2.24) is 15.7 Å². The third kappa shape index (κ3) is 15.1. The number of nitrogens with two attached hydrogens (primary N) is 1. The predicted octanol–water partition coefficient (Wildman–Crippen LogP) is 2.14. The van der Waals surface area contributed by atoms with Crippen molar-refractivity contribution >= 4 is 73.6 Å². The Balaban J connectivity index is 1.74. The van der Waals surface area contributed by atoms with Gasteiger partial charge in [0.2, 0.25) is 11.8 Å². The van der Waals surface area contributed by atoms with Crippen LogP contribution in [0.25, 0.3) is 0 Å². The number of primary amides is 1. The lowest BCUT2D eigenvalue weighted by atomic mass is 9.95. The smallest absolute Gasteiger partial charge is 0.352 e. The maximum Gasteiger partial charge on any atom is 0.352 e. The first kappa shape index (κ1) is 42.5. The standard InChI is InChI=1S/C31H45N5O11S3/c1-20(15-21(2)49-48-18-24(35-19-46-3)30(41)33-14-8-6-4-5-7-9-26(32)37)22-10-12-23(13-11-22)29(40)34-17-28(39)47-36-27(38)16-25(31(36)42)50(43,44)45/h10-13,19-21,24-25H,4-9,14-18H2,1-3H3,(H2,32,37)(H,33,41)(H,34,40)(H,43,44,45). The van der Waals surface area contributed by atoms with Crippen LogP contribution in [0.2, 0.25) is 0 Å². The summed E-state index contributed by atoms with van der Waals surface area (Å²) in [5.41, 5.74) is 6.37. The maximum atomic E-state index is 12.7. The minimum atomic E-state index is -4.86. The van der Waals surface area contributed by atoms with E-state index < -0.39 is 58.1 Å². The number of unbranched alkanes of at least 4 members (excludes halogenated alkanes) is 4. The summed E-state index contributed by atoms with van der Waals surface area (Å²) in [4.78, 5) is 80.8. The van der Waals surface area contributed by atoms with E-state index in [-0.39, 0.29) is 33.6 Å². The van der Waals surface area contributed by atoms with Gasteiger partial charge in [-0.05, 0) is 42.9 Å². The van der Waals surface area contributed by atoms with E-state index in [1.807, 2.05) is 0 Å². The molecule has 0 bridgehead atoms. The van der Waals surface area contributed by atoms with E-state index in [0.717, 1.165) is 44.1 Å². The quantitative estimate of drug-likeness (QED) is 0.0313. The van der Waals surface area contributed by atoms with Crippen LogP contribution >= 0.6 is 21.6 Å². The average Bonchev–Trinajstić information content (AvgIpc) is 3.35. The Bertz CT molecular complexity index is 1470. The molecule has 1 aliphatic heterocycles. The number of imide groups is 1. The van der Waals surface area contributed by atoms with Crippen molar-refractivity contribution in [3.8, 4) is 0 Å². The molecule has 1 heterocycles. The van der Waals surface area contributed by atoms with Gasteiger partial charge < -0.3 is 25.9 Å². The van der Waals surface area contributed by atoms with Crippen molar-refractivity contribution in [2.24, 2.45) is 10.7 Å². The van der Waals surface area contributed by atoms with Gasteiger partial charge in [0.05, 0.1) is 13.5 Å². The Morgan fingerprint density at radius 2 is 1.74 bits per heavy atom. The molecule has 5 amide bonds. The van der Waals surface area contributed by atoms with Crippen LogP contribution in [0.15, 0.2) is 29.3 Å². The van der Waals surface area contributed by atoms with E-state index in [1.165, 1.54) is 13.5 Å². The zero-order chi connectivity index (χ0) is 37.3. The Labute approximate surface area is 299 Å². The number of hydroxylamine groups is 2. The van der Waals surface area contributed by atoms with Crippen molar-refractivity contribution < 1.29 is 51.3 Å². The molecule has 16 nitrogen and oxygen atoms in total. The molecule has 0 radical (unpaired) electrons. The molecule has 2 rings (SSSR count). The molecule has 1 aliphatic rings. The number of carbonyl (C=O) groups is 6. The topological polar surface area (TPSA) is 241 Å². The summed E-state index contributed by atoms with van der Waals surface area (Å²) in [5, 5.41) is 3.38. The Morgan fingerprint density at radius 3 is 2.36 bits per heavy atom. The molecule has 0 spiro atoms. The summed E-state index contributed by atoms with van der Waals surface area (Å²) < 4.78 is 36.4. The molecule has 4 unspecified atom stereocenters. The fraction of sp³-hybridized carbons (Fsp3) is 0.581. The number of aliphatic imine (C=N–C) groups is 1. The first-order valence-electron chi connectivity index (χ1n) is 15.9. The molecule has 278 valence electrons. The van der Waals surface area contributed by atoms with Crippen LogP contribution in [-0.2, 0) is 43.7 Å². The predicted molar refractivity (Wildman–Crippen MR) is 188 cm³/mol. The second-order valence-corrected chi connectivity index (χ2v) is 16.1. The summed E-state index contributed by atoms with van der Waals surface area (Å²) >= 11 is 0. The van der Waals surface area contributed by atoms with Gasteiger partial charge in [-0.2, -0.15) is 8.42 Å². The summed E-state index contributed by atoms with van der Waals surface area (Å²) in [6.45, 7) is 3.96. The van der Waals surface area contributed by atoms with Crippen molar-refractivity contribution in [1.29, 1.82) is 0 Å². The van der Waals surface area contributed by atoms with Crippen LogP contribution in [0.3, 0.4) is 0 Å². The molecule has 4 atom stereocenters. The minimum absolute atomic E-state index is 0.0329. The number of rotatable bonds is 23. The molecule has 0 aliphatic carbocycles. The lowest BCUT2D eigenvalue weighted by molar-refractivity contribution is -0.196. The number of carbonyl (C=O) groups excluding carboxylic acids is 6. The molecule has 0 saturated carbocycles. The van der Waals surface area contributed by atoms with Crippen molar-refractivity contribution in [2.45, 2.75) is 87.7 Å². The lowest BCUT2D eigenvalue weighted by Gasteiger charge is -2.18. The number of nitrogens with zero attached hydrogens (tertiary/aromatic N) is 2. The minimum Gasteiger partial charge on any atom is -0.487 e. The molecular weight excluding hydrogens is 715 g/mol. The normalized spacial score (nSPS) is 16.6.